The van der Waals surface area contributed by atoms with Gasteiger partial charge in [-0.3, -0.25) is 4.68 Å². The van der Waals surface area contributed by atoms with E-state index in [9.17, 15) is 0 Å². The second kappa shape index (κ2) is 5.09. The van der Waals surface area contributed by atoms with Gasteiger partial charge in [0.25, 0.3) is 0 Å². The molecule has 0 aliphatic carbocycles. The average molecular weight is 235 g/mol. The highest BCUT2D eigenvalue weighted by Gasteiger charge is 2.10. The lowest BCUT2D eigenvalue weighted by atomic mass is 10.4. The summed E-state index contributed by atoms with van der Waals surface area (Å²) >= 11 is 0. The van der Waals surface area contributed by atoms with E-state index in [0.717, 1.165) is 29.9 Å². The summed E-state index contributed by atoms with van der Waals surface area (Å²) in [5, 5.41) is 8.15. The topological polar surface area (TPSA) is 64.9 Å². The molecule has 17 heavy (non-hydrogen) atoms. The quantitative estimate of drug-likeness (QED) is 0.792. The van der Waals surface area contributed by atoms with Gasteiger partial charge in [-0.1, -0.05) is 6.92 Å². The average Bonchev–Trinajstić information content (AvgIpc) is 2.71. The standard InChI is InChI=1S/C11H17N5O/c1-4-5-17-7-9-14-10(12-2)8-6-13-16(3)11(8)15-9/h6H,4-5,7H2,1-3H3,(H,12,14,15). The number of nitrogens with zero attached hydrogens (tertiary/aromatic N) is 4. The van der Waals surface area contributed by atoms with Crippen LogP contribution in [0.1, 0.15) is 19.2 Å². The van der Waals surface area contributed by atoms with Crippen LogP contribution >= 0.6 is 0 Å². The van der Waals surface area contributed by atoms with Gasteiger partial charge in [0.1, 0.15) is 12.4 Å². The van der Waals surface area contributed by atoms with Crippen LogP contribution in [0.15, 0.2) is 6.20 Å². The molecular formula is C11H17N5O. The number of aromatic nitrogens is 4. The van der Waals surface area contributed by atoms with Crippen LogP contribution in [0.5, 0.6) is 0 Å². The van der Waals surface area contributed by atoms with Crippen LogP contribution < -0.4 is 5.32 Å². The van der Waals surface area contributed by atoms with Gasteiger partial charge in [0.05, 0.1) is 11.6 Å². The summed E-state index contributed by atoms with van der Waals surface area (Å²) in [7, 11) is 3.71. The maximum Gasteiger partial charge on any atom is 0.163 e. The van der Waals surface area contributed by atoms with Gasteiger partial charge in [0.2, 0.25) is 0 Å². The maximum absolute atomic E-state index is 5.45. The van der Waals surface area contributed by atoms with E-state index in [1.807, 2.05) is 14.1 Å². The molecule has 2 heterocycles. The molecule has 0 bridgehead atoms. The van der Waals surface area contributed by atoms with Crippen molar-refractivity contribution >= 4 is 16.9 Å². The number of nitrogens with one attached hydrogen (secondary N) is 1. The molecule has 0 saturated heterocycles. The number of rotatable bonds is 5. The van der Waals surface area contributed by atoms with E-state index in [4.69, 9.17) is 4.74 Å². The van der Waals surface area contributed by atoms with E-state index in [1.165, 1.54) is 0 Å². The normalized spacial score (nSPS) is 11.0. The first-order chi connectivity index (χ1) is 8.26. The number of hydrogen-bond acceptors (Lipinski definition) is 5. The van der Waals surface area contributed by atoms with E-state index in [0.29, 0.717) is 12.4 Å². The fraction of sp³-hybridized carbons (Fsp3) is 0.545. The zero-order valence-electron chi connectivity index (χ0n) is 10.4. The van der Waals surface area contributed by atoms with Crippen LogP contribution in [0.4, 0.5) is 5.82 Å². The molecule has 6 heteroatoms. The molecule has 0 atom stereocenters. The second-order valence-electron chi connectivity index (χ2n) is 3.80. The van der Waals surface area contributed by atoms with E-state index >= 15 is 0 Å². The van der Waals surface area contributed by atoms with Gasteiger partial charge in [-0.05, 0) is 6.42 Å². The summed E-state index contributed by atoms with van der Waals surface area (Å²) in [6.07, 6.45) is 2.75. The lowest BCUT2D eigenvalue weighted by Gasteiger charge is -2.06. The first-order valence-electron chi connectivity index (χ1n) is 5.70. The molecule has 0 unspecified atom stereocenters. The van der Waals surface area contributed by atoms with Crippen molar-refractivity contribution in [3.63, 3.8) is 0 Å². The predicted molar refractivity (Wildman–Crippen MR) is 65.8 cm³/mol. The Balaban J connectivity index is 2.33. The molecule has 2 aromatic heterocycles. The van der Waals surface area contributed by atoms with Crippen molar-refractivity contribution in [2.45, 2.75) is 20.0 Å². The summed E-state index contributed by atoms with van der Waals surface area (Å²) in [5.74, 6) is 1.47. The Hall–Kier alpha value is -1.69. The molecule has 0 amide bonds. The first-order valence-corrected chi connectivity index (χ1v) is 5.70. The highest BCUT2D eigenvalue weighted by molar-refractivity contribution is 5.86. The number of anilines is 1. The summed E-state index contributed by atoms with van der Waals surface area (Å²) < 4.78 is 7.19. The minimum absolute atomic E-state index is 0.434. The third-order valence-corrected chi connectivity index (χ3v) is 2.45. The van der Waals surface area contributed by atoms with Crippen molar-refractivity contribution in [1.29, 1.82) is 0 Å². The zero-order chi connectivity index (χ0) is 12.3. The van der Waals surface area contributed by atoms with Gasteiger partial charge in [0, 0.05) is 20.7 Å². The number of ether oxygens (including phenoxy) is 1. The Kier molecular flexibility index (Phi) is 3.53. The van der Waals surface area contributed by atoms with Gasteiger partial charge >= 0.3 is 0 Å². The lowest BCUT2D eigenvalue weighted by molar-refractivity contribution is 0.116. The monoisotopic (exact) mass is 235 g/mol. The molecule has 0 aromatic carbocycles. The summed E-state index contributed by atoms with van der Waals surface area (Å²) in [6, 6.07) is 0. The van der Waals surface area contributed by atoms with E-state index in [-0.39, 0.29) is 0 Å². The van der Waals surface area contributed by atoms with E-state index < -0.39 is 0 Å². The third kappa shape index (κ3) is 2.36. The molecule has 2 rings (SSSR count). The molecule has 1 N–H and O–H groups in total. The van der Waals surface area contributed by atoms with Gasteiger partial charge < -0.3 is 10.1 Å². The predicted octanol–water partition coefficient (Wildman–Crippen LogP) is 1.33. The molecule has 6 nitrogen and oxygen atoms in total. The molecular weight excluding hydrogens is 218 g/mol. The van der Waals surface area contributed by atoms with Crippen molar-refractivity contribution in [1.82, 2.24) is 19.7 Å². The van der Waals surface area contributed by atoms with E-state index in [1.54, 1.807) is 10.9 Å². The molecule has 0 aliphatic rings. The molecule has 0 fully saturated rings. The molecule has 0 radical (unpaired) electrons. The van der Waals surface area contributed by atoms with Gasteiger partial charge in [-0.2, -0.15) is 5.10 Å². The van der Waals surface area contributed by atoms with Crippen molar-refractivity contribution < 1.29 is 4.74 Å². The third-order valence-electron chi connectivity index (χ3n) is 2.45. The summed E-state index contributed by atoms with van der Waals surface area (Å²) in [5.41, 5.74) is 0.819. The van der Waals surface area contributed by atoms with Crippen LogP contribution in [-0.2, 0) is 18.4 Å². The Morgan fingerprint density at radius 3 is 2.94 bits per heavy atom. The first kappa shape index (κ1) is 11.8. The fourth-order valence-electron chi connectivity index (χ4n) is 1.63. The lowest BCUT2D eigenvalue weighted by Crippen LogP contribution is -2.05. The van der Waals surface area contributed by atoms with Crippen molar-refractivity contribution in [2.75, 3.05) is 19.0 Å². The van der Waals surface area contributed by atoms with Crippen molar-refractivity contribution in [3.05, 3.63) is 12.0 Å². The highest BCUT2D eigenvalue weighted by Crippen LogP contribution is 2.19. The Morgan fingerprint density at radius 2 is 2.24 bits per heavy atom. The fourth-order valence-corrected chi connectivity index (χ4v) is 1.63. The van der Waals surface area contributed by atoms with Crippen LogP contribution in [0.25, 0.3) is 11.0 Å². The second-order valence-corrected chi connectivity index (χ2v) is 3.80. The smallest absolute Gasteiger partial charge is 0.163 e. The van der Waals surface area contributed by atoms with Crippen LogP contribution in [-0.4, -0.2) is 33.4 Å². The number of fused-ring (bicyclic) bond motifs is 1. The molecule has 2 aromatic rings. The van der Waals surface area contributed by atoms with Gasteiger partial charge in [-0.25, -0.2) is 9.97 Å². The summed E-state index contributed by atoms with van der Waals surface area (Å²) in [6.45, 7) is 3.23. The Bertz CT molecular complexity index is 508. The summed E-state index contributed by atoms with van der Waals surface area (Å²) in [4.78, 5) is 8.84. The molecule has 0 aliphatic heterocycles. The zero-order valence-corrected chi connectivity index (χ0v) is 10.4. The highest BCUT2D eigenvalue weighted by atomic mass is 16.5. The van der Waals surface area contributed by atoms with Gasteiger partial charge in [0.15, 0.2) is 11.5 Å². The maximum atomic E-state index is 5.45. The molecule has 0 saturated carbocycles. The molecule has 92 valence electrons. The van der Waals surface area contributed by atoms with Crippen LogP contribution in [0.2, 0.25) is 0 Å². The minimum atomic E-state index is 0.434. The number of hydrogen-bond donors (Lipinski definition) is 1. The molecule has 0 spiro atoms. The van der Waals surface area contributed by atoms with Crippen molar-refractivity contribution in [3.8, 4) is 0 Å². The SMILES string of the molecule is CCCOCc1nc(NC)c2cnn(C)c2n1. The Labute approximate surface area is 100 Å². The van der Waals surface area contributed by atoms with E-state index in [2.05, 4.69) is 27.3 Å². The van der Waals surface area contributed by atoms with Crippen LogP contribution in [0.3, 0.4) is 0 Å². The minimum Gasteiger partial charge on any atom is -0.373 e. The van der Waals surface area contributed by atoms with Gasteiger partial charge in [-0.15, -0.1) is 0 Å². The number of aryl methyl sites for hydroxylation is 1. The largest absolute Gasteiger partial charge is 0.373 e. The van der Waals surface area contributed by atoms with Crippen molar-refractivity contribution in [2.24, 2.45) is 7.05 Å². The van der Waals surface area contributed by atoms with Crippen LogP contribution in [0, 0.1) is 0 Å². The Morgan fingerprint density at radius 1 is 1.41 bits per heavy atom.